The number of hydrogen-bond donors (Lipinski definition) is 1. The third kappa shape index (κ3) is 3.70. The van der Waals surface area contributed by atoms with E-state index in [1.807, 2.05) is 0 Å². The van der Waals surface area contributed by atoms with Crippen LogP contribution in [0.1, 0.15) is 26.7 Å². The summed E-state index contributed by atoms with van der Waals surface area (Å²) in [7, 11) is 2.84. The Morgan fingerprint density at radius 1 is 1.19 bits per heavy atom. The fourth-order valence-electron chi connectivity index (χ4n) is 1.75. The van der Waals surface area contributed by atoms with Crippen molar-refractivity contribution in [2.45, 2.75) is 6.61 Å². The van der Waals surface area contributed by atoms with Crippen LogP contribution >= 0.6 is 0 Å². The van der Waals surface area contributed by atoms with E-state index in [0.29, 0.717) is 23.6 Å². The molecule has 0 atom stereocenters. The highest BCUT2D eigenvalue weighted by Gasteiger charge is 2.12. The van der Waals surface area contributed by atoms with E-state index in [9.17, 15) is 9.59 Å². The summed E-state index contributed by atoms with van der Waals surface area (Å²) in [4.78, 5) is 23.4. The monoisotopic (exact) mass is 289 g/mol. The quantitative estimate of drug-likeness (QED) is 0.855. The number of benzene rings is 1. The van der Waals surface area contributed by atoms with Crippen molar-refractivity contribution in [2.75, 3.05) is 19.5 Å². The largest absolute Gasteiger partial charge is 0.465 e. The number of esters is 1. The second-order valence-electron chi connectivity index (χ2n) is 4.23. The number of hydrogen-bond acceptors (Lipinski definition) is 5. The van der Waals surface area contributed by atoms with E-state index >= 15 is 0 Å². The molecule has 0 aliphatic rings. The molecule has 0 bridgehead atoms. The zero-order valence-corrected chi connectivity index (χ0v) is 11.7. The zero-order valence-electron chi connectivity index (χ0n) is 11.7. The predicted octanol–water partition coefficient (Wildman–Crippen LogP) is 2.46. The number of ether oxygens (including phenoxy) is 2. The summed E-state index contributed by atoms with van der Waals surface area (Å²) in [6.45, 7) is 0.297. The summed E-state index contributed by atoms with van der Waals surface area (Å²) < 4.78 is 14.9. The molecule has 0 saturated carbocycles. The van der Waals surface area contributed by atoms with Gasteiger partial charge in [0.05, 0.1) is 12.7 Å². The minimum atomic E-state index is -0.466. The first-order chi connectivity index (χ1) is 10.1. The van der Waals surface area contributed by atoms with Gasteiger partial charge in [-0.25, -0.2) is 4.79 Å². The Balaban J connectivity index is 2.09. The standard InChI is InChI=1S/C15H15NO5/c1-19-9-12-6-7-13(21-12)14(17)16-11-5-3-4-10(8-11)15(18)20-2/h3-8H,9H2,1-2H3,(H,16,17). The molecule has 1 aromatic carbocycles. The minimum absolute atomic E-state index is 0.172. The molecule has 0 aliphatic heterocycles. The molecular formula is C15H15NO5. The lowest BCUT2D eigenvalue weighted by atomic mass is 10.2. The van der Waals surface area contributed by atoms with Crippen molar-refractivity contribution in [1.82, 2.24) is 0 Å². The van der Waals surface area contributed by atoms with E-state index in [1.165, 1.54) is 13.2 Å². The highest BCUT2D eigenvalue weighted by molar-refractivity contribution is 6.03. The van der Waals surface area contributed by atoms with Crippen molar-refractivity contribution in [2.24, 2.45) is 0 Å². The average molecular weight is 289 g/mol. The molecule has 110 valence electrons. The van der Waals surface area contributed by atoms with Crippen LogP contribution in [0.2, 0.25) is 0 Å². The van der Waals surface area contributed by atoms with Gasteiger partial charge in [-0.15, -0.1) is 0 Å². The smallest absolute Gasteiger partial charge is 0.337 e. The van der Waals surface area contributed by atoms with Gasteiger partial charge in [-0.05, 0) is 30.3 Å². The summed E-state index contributed by atoms with van der Waals surface area (Å²) >= 11 is 0. The SMILES string of the molecule is COCc1ccc(C(=O)Nc2cccc(C(=O)OC)c2)o1. The van der Waals surface area contributed by atoms with E-state index in [2.05, 4.69) is 10.1 Å². The summed E-state index contributed by atoms with van der Waals surface area (Å²) in [6.07, 6.45) is 0. The van der Waals surface area contributed by atoms with Gasteiger partial charge in [-0.2, -0.15) is 0 Å². The summed E-state index contributed by atoms with van der Waals surface area (Å²) in [5, 5.41) is 2.65. The molecule has 1 N–H and O–H groups in total. The molecule has 2 rings (SSSR count). The van der Waals surface area contributed by atoms with Crippen LogP contribution in [0.3, 0.4) is 0 Å². The lowest BCUT2D eigenvalue weighted by Crippen LogP contribution is -2.11. The number of rotatable bonds is 5. The number of anilines is 1. The second-order valence-corrected chi connectivity index (χ2v) is 4.23. The lowest BCUT2D eigenvalue weighted by Gasteiger charge is -2.05. The molecule has 0 radical (unpaired) electrons. The molecule has 6 heteroatoms. The van der Waals surface area contributed by atoms with Crippen molar-refractivity contribution in [1.29, 1.82) is 0 Å². The van der Waals surface area contributed by atoms with E-state index in [0.717, 1.165) is 0 Å². The molecule has 6 nitrogen and oxygen atoms in total. The van der Waals surface area contributed by atoms with Crippen LogP contribution in [0.15, 0.2) is 40.8 Å². The fraction of sp³-hybridized carbons (Fsp3) is 0.200. The van der Waals surface area contributed by atoms with Gasteiger partial charge in [0.25, 0.3) is 5.91 Å². The number of furan rings is 1. The molecule has 0 spiro atoms. The third-order valence-electron chi connectivity index (χ3n) is 2.71. The topological polar surface area (TPSA) is 77.8 Å². The Kier molecular flexibility index (Phi) is 4.73. The fourth-order valence-corrected chi connectivity index (χ4v) is 1.75. The van der Waals surface area contributed by atoms with E-state index in [1.54, 1.807) is 37.4 Å². The normalized spacial score (nSPS) is 10.2. The van der Waals surface area contributed by atoms with E-state index < -0.39 is 11.9 Å². The molecule has 1 amide bonds. The third-order valence-corrected chi connectivity index (χ3v) is 2.71. The molecule has 2 aromatic rings. The maximum absolute atomic E-state index is 12.0. The van der Waals surface area contributed by atoms with E-state index in [4.69, 9.17) is 9.15 Å². The maximum atomic E-state index is 12.0. The van der Waals surface area contributed by atoms with E-state index in [-0.39, 0.29) is 5.76 Å². The van der Waals surface area contributed by atoms with Crippen molar-refractivity contribution in [3.63, 3.8) is 0 Å². The number of amides is 1. The molecule has 1 heterocycles. The predicted molar refractivity (Wildman–Crippen MR) is 75.2 cm³/mol. The van der Waals surface area contributed by atoms with Crippen molar-refractivity contribution < 1.29 is 23.5 Å². The first-order valence-corrected chi connectivity index (χ1v) is 6.21. The van der Waals surface area contributed by atoms with Crippen LogP contribution in [-0.4, -0.2) is 26.1 Å². The highest BCUT2D eigenvalue weighted by atomic mass is 16.5. The van der Waals surface area contributed by atoms with Crippen LogP contribution in [-0.2, 0) is 16.1 Å². The van der Waals surface area contributed by atoms with Crippen molar-refractivity contribution in [3.8, 4) is 0 Å². The maximum Gasteiger partial charge on any atom is 0.337 e. The Labute approximate surface area is 121 Å². The van der Waals surface area contributed by atoms with Gasteiger partial charge in [0.1, 0.15) is 12.4 Å². The Hall–Kier alpha value is -2.60. The number of carbonyl (C=O) groups is 2. The first kappa shape index (κ1) is 14.8. The van der Waals surface area contributed by atoms with Crippen molar-refractivity contribution in [3.05, 3.63) is 53.5 Å². The van der Waals surface area contributed by atoms with Crippen LogP contribution in [0, 0.1) is 0 Å². The lowest BCUT2D eigenvalue weighted by molar-refractivity contribution is 0.0600. The van der Waals surface area contributed by atoms with Gasteiger partial charge >= 0.3 is 5.97 Å². The molecule has 0 saturated heterocycles. The van der Waals surface area contributed by atoms with Crippen LogP contribution in [0.25, 0.3) is 0 Å². The van der Waals surface area contributed by atoms with Gasteiger partial charge in [0, 0.05) is 12.8 Å². The summed E-state index contributed by atoms with van der Waals surface area (Å²) in [6, 6.07) is 9.69. The number of nitrogens with one attached hydrogen (secondary N) is 1. The molecule has 0 aliphatic carbocycles. The average Bonchev–Trinajstić information content (AvgIpc) is 2.96. The Bertz CT molecular complexity index is 647. The van der Waals surface area contributed by atoms with Crippen LogP contribution in [0.5, 0.6) is 0 Å². The molecule has 0 unspecified atom stereocenters. The summed E-state index contributed by atoms with van der Waals surface area (Å²) in [5.74, 6) is -0.137. The van der Waals surface area contributed by atoms with Gasteiger partial charge in [0.15, 0.2) is 5.76 Å². The van der Waals surface area contributed by atoms with Crippen molar-refractivity contribution >= 4 is 17.6 Å². The van der Waals surface area contributed by atoms with Crippen LogP contribution < -0.4 is 5.32 Å². The van der Waals surface area contributed by atoms with Gasteiger partial charge in [0.2, 0.25) is 0 Å². The Morgan fingerprint density at radius 3 is 2.71 bits per heavy atom. The number of carbonyl (C=O) groups excluding carboxylic acids is 2. The second kappa shape index (κ2) is 6.71. The Morgan fingerprint density at radius 2 is 2.00 bits per heavy atom. The number of methoxy groups -OCH3 is 2. The highest BCUT2D eigenvalue weighted by Crippen LogP contribution is 2.15. The first-order valence-electron chi connectivity index (χ1n) is 6.21. The zero-order chi connectivity index (χ0) is 15.2. The van der Waals surface area contributed by atoms with Gasteiger partial charge in [-0.3, -0.25) is 4.79 Å². The van der Waals surface area contributed by atoms with Crippen LogP contribution in [0.4, 0.5) is 5.69 Å². The molecule has 21 heavy (non-hydrogen) atoms. The van der Waals surface area contributed by atoms with Gasteiger partial charge < -0.3 is 19.2 Å². The molecular weight excluding hydrogens is 274 g/mol. The molecule has 0 fully saturated rings. The molecule has 1 aromatic heterocycles. The van der Waals surface area contributed by atoms with Gasteiger partial charge in [-0.1, -0.05) is 6.07 Å². The summed E-state index contributed by atoms with van der Waals surface area (Å²) in [5.41, 5.74) is 0.836. The minimum Gasteiger partial charge on any atom is -0.465 e.